The van der Waals surface area contributed by atoms with E-state index in [4.69, 9.17) is 0 Å². The van der Waals surface area contributed by atoms with Gasteiger partial charge < -0.3 is 9.13 Å². The van der Waals surface area contributed by atoms with Crippen molar-refractivity contribution in [3.8, 4) is 84.2 Å². The normalized spacial score (nSPS) is 12.0. The quantitative estimate of drug-likeness (QED) is 0.140. The summed E-state index contributed by atoms with van der Waals surface area (Å²) in [6.07, 6.45) is -10.2. The first-order valence-electron chi connectivity index (χ1n) is 25.3. The van der Waals surface area contributed by atoms with Gasteiger partial charge in [-0.3, -0.25) is 0 Å². The summed E-state index contributed by atoms with van der Waals surface area (Å²) in [5, 5.41) is 14.4. The average molecular weight is 1030 g/mol. The number of halogens is 6. The van der Waals surface area contributed by atoms with E-state index in [1.54, 1.807) is 30.3 Å². The highest BCUT2D eigenvalue weighted by Crippen LogP contribution is 2.46. The zero-order valence-corrected chi connectivity index (χ0v) is 41.3. The van der Waals surface area contributed by atoms with Crippen LogP contribution in [-0.2, 0) is 12.4 Å². The molecule has 0 saturated heterocycles. The molecule has 374 valence electrons. The highest BCUT2D eigenvalue weighted by atomic mass is 19.4. The summed E-state index contributed by atoms with van der Waals surface area (Å²) in [6, 6.07) is 79.7. The molecule has 0 radical (unpaired) electrons. The van der Waals surface area contributed by atoms with Gasteiger partial charge in [-0.15, -0.1) is 0 Å². The Hall–Kier alpha value is -9.91. The number of rotatable bonds is 8. The number of hydrogen-bond acceptors (Lipinski definition) is 1. The number of nitrogens with zero attached hydrogens (tertiary/aromatic N) is 3. The molecule has 13 aromatic rings. The maximum atomic E-state index is 14.6. The minimum atomic E-state index is -5.08. The van der Waals surface area contributed by atoms with E-state index in [1.807, 2.05) is 127 Å². The summed E-state index contributed by atoms with van der Waals surface area (Å²) in [5.74, 6) is 0. The van der Waals surface area contributed by atoms with E-state index in [-0.39, 0.29) is 17.2 Å². The molecule has 0 saturated carbocycles. The SMILES string of the molecule is N#Cc1ccc(-n2c3ccc(-c4ccccc4)cc3c3cc(-c4ccccc4)ccc32)c(-c2cc(-c3cc(C(F)(F)F)cc(C(F)(F)F)c3)ccc2-n2c3ccc(-c4ccccc4)cc3c3cc(-c4ccccc4)ccc32)c1. The van der Waals surface area contributed by atoms with Crippen molar-refractivity contribution in [1.82, 2.24) is 9.13 Å². The summed E-state index contributed by atoms with van der Waals surface area (Å²) in [6.45, 7) is 0. The van der Waals surface area contributed by atoms with Gasteiger partial charge in [0.1, 0.15) is 0 Å². The molecule has 0 bridgehead atoms. The minimum absolute atomic E-state index is 0.111. The topological polar surface area (TPSA) is 33.6 Å². The lowest BCUT2D eigenvalue weighted by Crippen LogP contribution is -2.11. The molecule has 0 aliphatic heterocycles. The molecule has 3 nitrogen and oxygen atoms in total. The molecule has 0 atom stereocenters. The number of alkyl halides is 6. The Kier molecular flexibility index (Phi) is 11.5. The van der Waals surface area contributed by atoms with Crippen LogP contribution in [0, 0.1) is 11.3 Å². The van der Waals surface area contributed by atoms with Crippen molar-refractivity contribution >= 4 is 43.6 Å². The first-order valence-corrected chi connectivity index (χ1v) is 25.3. The second-order valence-electron chi connectivity index (χ2n) is 19.4. The Labute approximate surface area is 444 Å². The fourth-order valence-corrected chi connectivity index (χ4v) is 11.1. The first kappa shape index (κ1) is 47.8. The molecule has 2 heterocycles. The average Bonchev–Trinajstić information content (AvgIpc) is 4.22. The zero-order valence-electron chi connectivity index (χ0n) is 41.3. The van der Waals surface area contributed by atoms with Crippen molar-refractivity contribution in [3.63, 3.8) is 0 Å². The van der Waals surface area contributed by atoms with Gasteiger partial charge in [0, 0.05) is 32.7 Å². The predicted molar refractivity (Wildman–Crippen MR) is 302 cm³/mol. The number of aromatic nitrogens is 2. The predicted octanol–water partition coefficient (Wildman–Crippen LogP) is 19.8. The molecule has 13 rings (SSSR count). The Balaban J connectivity index is 1.13. The second-order valence-corrected chi connectivity index (χ2v) is 19.4. The van der Waals surface area contributed by atoms with Crippen LogP contribution < -0.4 is 0 Å². The highest BCUT2D eigenvalue weighted by molar-refractivity contribution is 6.14. The maximum Gasteiger partial charge on any atom is 0.416 e. The highest BCUT2D eigenvalue weighted by Gasteiger charge is 2.37. The molecule has 0 amide bonds. The van der Waals surface area contributed by atoms with Crippen molar-refractivity contribution in [2.75, 3.05) is 0 Å². The fraction of sp³-hybridized carbons (Fsp3) is 0.0290. The minimum Gasteiger partial charge on any atom is -0.309 e. The summed E-state index contributed by atoms with van der Waals surface area (Å²) in [5.41, 5.74) is 10.8. The summed E-state index contributed by atoms with van der Waals surface area (Å²) < 4.78 is 91.9. The van der Waals surface area contributed by atoms with E-state index in [0.29, 0.717) is 28.1 Å². The van der Waals surface area contributed by atoms with Crippen LogP contribution in [0.25, 0.3) is 122 Å². The first-order chi connectivity index (χ1) is 37.9. The van der Waals surface area contributed by atoms with Gasteiger partial charge in [0.15, 0.2) is 0 Å². The molecule has 0 spiro atoms. The van der Waals surface area contributed by atoms with Crippen LogP contribution in [0.3, 0.4) is 0 Å². The molecule has 0 unspecified atom stereocenters. The van der Waals surface area contributed by atoms with E-state index in [2.05, 4.69) is 88.0 Å². The molecule has 2 aromatic heterocycles. The number of benzene rings is 11. The van der Waals surface area contributed by atoms with E-state index < -0.39 is 23.5 Å². The Morgan fingerprint density at radius 3 is 0.923 bits per heavy atom. The Bertz CT molecular complexity index is 4280. The third kappa shape index (κ3) is 8.44. The van der Waals surface area contributed by atoms with Gasteiger partial charge in [-0.1, -0.05) is 152 Å². The van der Waals surface area contributed by atoms with Gasteiger partial charge in [0.05, 0.1) is 56.2 Å². The van der Waals surface area contributed by atoms with E-state index in [1.165, 1.54) is 0 Å². The molecular weight excluding hydrogens is 985 g/mol. The van der Waals surface area contributed by atoms with Crippen molar-refractivity contribution < 1.29 is 26.3 Å². The zero-order chi connectivity index (χ0) is 53.3. The molecule has 78 heavy (non-hydrogen) atoms. The Morgan fingerprint density at radius 1 is 0.282 bits per heavy atom. The van der Waals surface area contributed by atoms with Crippen molar-refractivity contribution in [2.45, 2.75) is 12.4 Å². The molecular formula is C69H41F6N3. The molecule has 11 aromatic carbocycles. The van der Waals surface area contributed by atoms with Crippen LogP contribution in [0.5, 0.6) is 0 Å². The molecule has 0 aliphatic carbocycles. The molecule has 0 N–H and O–H groups in total. The van der Waals surface area contributed by atoms with Crippen LogP contribution in [0.2, 0.25) is 0 Å². The van der Waals surface area contributed by atoms with Crippen LogP contribution in [0.4, 0.5) is 26.3 Å². The smallest absolute Gasteiger partial charge is 0.309 e. The van der Waals surface area contributed by atoms with Crippen molar-refractivity contribution in [1.29, 1.82) is 5.26 Å². The van der Waals surface area contributed by atoms with Gasteiger partial charge in [-0.2, -0.15) is 31.6 Å². The fourth-order valence-electron chi connectivity index (χ4n) is 11.1. The van der Waals surface area contributed by atoms with Crippen LogP contribution in [0.15, 0.2) is 249 Å². The van der Waals surface area contributed by atoms with Gasteiger partial charge in [-0.05, 0) is 153 Å². The van der Waals surface area contributed by atoms with Gasteiger partial charge in [0.2, 0.25) is 0 Å². The van der Waals surface area contributed by atoms with E-state index >= 15 is 0 Å². The van der Waals surface area contributed by atoms with Gasteiger partial charge in [-0.25, -0.2) is 0 Å². The third-order valence-corrected chi connectivity index (χ3v) is 14.8. The molecule has 0 fully saturated rings. The largest absolute Gasteiger partial charge is 0.416 e. The lowest BCUT2D eigenvalue weighted by molar-refractivity contribution is -0.143. The monoisotopic (exact) mass is 1030 g/mol. The van der Waals surface area contributed by atoms with Crippen molar-refractivity contribution in [2.24, 2.45) is 0 Å². The van der Waals surface area contributed by atoms with Crippen LogP contribution >= 0.6 is 0 Å². The second kappa shape index (κ2) is 18.7. The molecule has 0 aliphatic rings. The Morgan fingerprint density at radius 2 is 0.590 bits per heavy atom. The third-order valence-electron chi connectivity index (χ3n) is 14.8. The maximum absolute atomic E-state index is 14.6. The van der Waals surface area contributed by atoms with Gasteiger partial charge >= 0.3 is 12.4 Å². The summed E-state index contributed by atoms with van der Waals surface area (Å²) in [4.78, 5) is 0. The molecule has 9 heteroatoms. The van der Waals surface area contributed by atoms with Crippen LogP contribution in [-0.4, -0.2) is 9.13 Å². The number of nitriles is 1. The standard InChI is InChI=1S/C69H41F6N3/c70-68(71,72)54-34-53(35-55(41-54)69(73,74)75)52-26-32-63(78-66-30-24-50(46-17-9-3-10-18-46)38-60(66)61-39-51(25-31-67(61)78)47-19-11-4-12-20-47)57(40-52)56-33-43(42-76)21-27-62(56)77-64-28-22-48(44-13-5-1-6-14-44)36-58(64)59-37-49(23-29-65(59)77)45-15-7-2-8-16-45/h1-41H. The lowest BCUT2D eigenvalue weighted by atomic mass is 9.93. The van der Waals surface area contributed by atoms with Crippen LogP contribution in [0.1, 0.15) is 16.7 Å². The van der Waals surface area contributed by atoms with E-state index in [0.717, 1.165) is 100 Å². The van der Waals surface area contributed by atoms with Crippen molar-refractivity contribution in [3.05, 3.63) is 265 Å². The van der Waals surface area contributed by atoms with Gasteiger partial charge in [0.25, 0.3) is 0 Å². The summed E-state index contributed by atoms with van der Waals surface area (Å²) >= 11 is 0. The number of fused-ring (bicyclic) bond motifs is 6. The van der Waals surface area contributed by atoms with E-state index in [9.17, 15) is 31.6 Å². The summed E-state index contributed by atoms with van der Waals surface area (Å²) in [7, 11) is 0. The number of hydrogen-bond donors (Lipinski definition) is 0. The lowest BCUT2D eigenvalue weighted by Gasteiger charge is -2.21.